The van der Waals surface area contributed by atoms with Crippen LogP contribution in [0.1, 0.15) is 50.7 Å². The van der Waals surface area contributed by atoms with Crippen LogP contribution in [0.4, 0.5) is 0 Å². The van der Waals surface area contributed by atoms with Crippen LogP contribution in [0, 0.1) is 0 Å². The zero-order valence-electron chi connectivity index (χ0n) is 18.4. The Hall–Kier alpha value is -2.24. The first-order chi connectivity index (χ1) is 14.4. The first kappa shape index (κ1) is 21.0. The summed E-state index contributed by atoms with van der Waals surface area (Å²) in [6, 6.07) is 14.9. The molecule has 0 amide bonds. The largest absolute Gasteiger partial charge is 0.497 e. The number of fused-ring (bicyclic) bond motifs is 2. The van der Waals surface area contributed by atoms with Crippen molar-refractivity contribution in [3.63, 3.8) is 0 Å². The van der Waals surface area contributed by atoms with Crippen LogP contribution in [0.2, 0.25) is 0 Å². The average molecular weight is 412 g/mol. The molecule has 5 heteroatoms. The van der Waals surface area contributed by atoms with E-state index in [2.05, 4.69) is 17.0 Å². The first-order valence-electron chi connectivity index (χ1n) is 10.9. The summed E-state index contributed by atoms with van der Waals surface area (Å²) in [6.07, 6.45) is 3.91. The molecule has 0 saturated carbocycles. The fourth-order valence-electron chi connectivity index (χ4n) is 5.08. The summed E-state index contributed by atoms with van der Waals surface area (Å²) >= 11 is 0. The fraction of sp³-hybridized carbons (Fsp3) is 0.520. The van der Waals surface area contributed by atoms with Gasteiger partial charge in [-0.3, -0.25) is 4.90 Å². The number of aliphatic hydroxyl groups is 1. The minimum atomic E-state index is -0.763. The van der Waals surface area contributed by atoms with Crippen LogP contribution in [0.25, 0.3) is 0 Å². The topological polar surface area (TPSA) is 51.2 Å². The van der Waals surface area contributed by atoms with Gasteiger partial charge in [0, 0.05) is 18.6 Å². The Morgan fingerprint density at radius 2 is 1.63 bits per heavy atom. The van der Waals surface area contributed by atoms with E-state index in [1.807, 2.05) is 44.2 Å². The van der Waals surface area contributed by atoms with Crippen molar-refractivity contribution >= 4 is 0 Å². The van der Waals surface area contributed by atoms with Gasteiger partial charge in [-0.05, 0) is 74.9 Å². The number of ether oxygens (including phenoxy) is 3. The summed E-state index contributed by atoms with van der Waals surface area (Å²) < 4.78 is 16.7. The van der Waals surface area contributed by atoms with Crippen LogP contribution in [0.5, 0.6) is 17.2 Å². The minimum Gasteiger partial charge on any atom is -0.497 e. The zero-order chi connectivity index (χ0) is 21.3. The van der Waals surface area contributed by atoms with E-state index >= 15 is 0 Å². The van der Waals surface area contributed by atoms with E-state index in [1.54, 1.807) is 14.2 Å². The van der Waals surface area contributed by atoms with E-state index < -0.39 is 5.60 Å². The van der Waals surface area contributed by atoms with E-state index in [9.17, 15) is 5.11 Å². The molecule has 0 aliphatic carbocycles. The lowest BCUT2D eigenvalue weighted by Crippen LogP contribution is -2.49. The van der Waals surface area contributed by atoms with Gasteiger partial charge in [-0.15, -0.1) is 0 Å². The average Bonchev–Trinajstić information content (AvgIpc) is 2.98. The molecule has 2 aromatic rings. The van der Waals surface area contributed by atoms with Crippen molar-refractivity contribution < 1.29 is 19.3 Å². The van der Waals surface area contributed by atoms with E-state index in [0.29, 0.717) is 12.1 Å². The third-order valence-corrected chi connectivity index (χ3v) is 6.50. The molecule has 0 unspecified atom stereocenters. The van der Waals surface area contributed by atoms with Crippen molar-refractivity contribution in [2.45, 2.75) is 69.9 Å². The van der Waals surface area contributed by atoms with E-state index in [1.165, 1.54) is 5.56 Å². The summed E-state index contributed by atoms with van der Waals surface area (Å²) in [5, 5.41) is 11.5. The van der Waals surface area contributed by atoms with Crippen molar-refractivity contribution in [2.24, 2.45) is 0 Å². The Morgan fingerprint density at radius 1 is 0.967 bits per heavy atom. The highest BCUT2D eigenvalue weighted by atomic mass is 16.5. The maximum atomic E-state index is 11.5. The number of hydrogen-bond donors (Lipinski definition) is 1. The summed E-state index contributed by atoms with van der Waals surface area (Å²) in [5.41, 5.74) is 1.45. The summed E-state index contributed by atoms with van der Waals surface area (Å²) in [4.78, 5) is 2.57. The number of methoxy groups -OCH3 is 2. The maximum absolute atomic E-state index is 11.5. The van der Waals surface area contributed by atoms with E-state index in [-0.39, 0.29) is 6.10 Å². The molecule has 2 aromatic carbocycles. The van der Waals surface area contributed by atoms with Crippen molar-refractivity contribution in [3.05, 3.63) is 53.6 Å². The molecule has 0 spiro atoms. The molecular weight excluding hydrogens is 378 g/mol. The van der Waals surface area contributed by atoms with Crippen molar-refractivity contribution in [2.75, 3.05) is 14.2 Å². The standard InChI is InChI=1S/C25H33NO4/c1-17(2)30-23-12-5-18(13-24(23)29-4)16-26-20-8-9-21(26)15-25(27,14-20)19-6-10-22(28-3)11-7-19/h5-7,10-13,17,20-21,27H,8-9,14-16H2,1-4H3/t20-,21-/m0/s1. The highest BCUT2D eigenvalue weighted by Gasteiger charge is 2.48. The number of piperidine rings is 1. The third kappa shape index (κ3) is 4.14. The quantitative estimate of drug-likeness (QED) is 0.727. The van der Waals surface area contributed by atoms with Gasteiger partial charge in [-0.1, -0.05) is 18.2 Å². The molecule has 2 saturated heterocycles. The number of benzene rings is 2. The SMILES string of the molecule is COc1ccc(C2(O)C[C@@H]3CC[C@@H](C2)N3Cc2ccc(OC(C)C)c(OC)c2)cc1. The molecule has 2 bridgehead atoms. The molecular formula is C25H33NO4. The first-order valence-corrected chi connectivity index (χ1v) is 10.9. The summed E-state index contributed by atoms with van der Waals surface area (Å²) in [6.45, 7) is 4.90. The lowest BCUT2D eigenvalue weighted by molar-refractivity contribution is -0.0595. The molecule has 0 radical (unpaired) electrons. The van der Waals surface area contributed by atoms with Crippen molar-refractivity contribution in [1.29, 1.82) is 0 Å². The van der Waals surface area contributed by atoms with Crippen LogP contribution in [-0.4, -0.2) is 42.4 Å². The number of rotatable bonds is 7. The van der Waals surface area contributed by atoms with Crippen molar-refractivity contribution in [1.82, 2.24) is 4.90 Å². The highest BCUT2D eigenvalue weighted by Crippen LogP contribution is 2.46. The molecule has 2 atom stereocenters. The normalized spacial score (nSPS) is 26.1. The molecule has 2 heterocycles. The summed E-state index contributed by atoms with van der Waals surface area (Å²) in [7, 11) is 3.35. The Labute approximate surface area is 179 Å². The van der Waals surface area contributed by atoms with Gasteiger partial charge in [-0.2, -0.15) is 0 Å². The predicted octanol–water partition coefficient (Wildman–Crippen LogP) is 4.51. The van der Waals surface area contributed by atoms with Crippen LogP contribution in [-0.2, 0) is 12.1 Å². The summed E-state index contributed by atoms with van der Waals surface area (Å²) in [5.74, 6) is 2.38. The Balaban J connectivity index is 1.49. The van der Waals surface area contributed by atoms with Gasteiger partial charge in [-0.25, -0.2) is 0 Å². The minimum absolute atomic E-state index is 0.110. The van der Waals surface area contributed by atoms with Gasteiger partial charge in [0.15, 0.2) is 11.5 Å². The Bertz CT molecular complexity index is 850. The van der Waals surface area contributed by atoms with Gasteiger partial charge < -0.3 is 19.3 Å². The van der Waals surface area contributed by atoms with Crippen LogP contribution >= 0.6 is 0 Å². The van der Waals surface area contributed by atoms with Crippen LogP contribution < -0.4 is 14.2 Å². The van der Waals surface area contributed by atoms with Crippen LogP contribution in [0.15, 0.2) is 42.5 Å². The maximum Gasteiger partial charge on any atom is 0.161 e. The second-order valence-corrected chi connectivity index (χ2v) is 8.88. The van der Waals surface area contributed by atoms with Gasteiger partial charge in [0.25, 0.3) is 0 Å². The number of hydrogen-bond acceptors (Lipinski definition) is 5. The van der Waals surface area contributed by atoms with E-state index in [4.69, 9.17) is 14.2 Å². The molecule has 1 N–H and O–H groups in total. The molecule has 2 aliphatic heterocycles. The molecule has 2 fully saturated rings. The van der Waals surface area contributed by atoms with Gasteiger partial charge in [0.2, 0.25) is 0 Å². The van der Waals surface area contributed by atoms with Gasteiger partial charge in [0.05, 0.1) is 25.9 Å². The third-order valence-electron chi connectivity index (χ3n) is 6.50. The Kier molecular flexibility index (Phi) is 5.94. The molecule has 0 aromatic heterocycles. The molecule has 5 nitrogen and oxygen atoms in total. The molecule has 4 rings (SSSR count). The molecule has 2 aliphatic rings. The second kappa shape index (κ2) is 8.48. The lowest BCUT2D eigenvalue weighted by atomic mass is 9.80. The molecule has 30 heavy (non-hydrogen) atoms. The van der Waals surface area contributed by atoms with Crippen LogP contribution in [0.3, 0.4) is 0 Å². The smallest absolute Gasteiger partial charge is 0.161 e. The van der Waals surface area contributed by atoms with Crippen molar-refractivity contribution in [3.8, 4) is 17.2 Å². The Morgan fingerprint density at radius 3 is 2.20 bits per heavy atom. The molecule has 162 valence electrons. The second-order valence-electron chi connectivity index (χ2n) is 8.88. The van der Waals surface area contributed by atoms with Gasteiger partial charge >= 0.3 is 0 Å². The van der Waals surface area contributed by atoms with Gasteiger partial charge in [0.1, 0.15) is 5.75 Å². The monoisotopic (exact) mass is 411 g/mol. The zero-order valence-corrected chi connectivity index (χ0v) is 18.4. The number of nitrogens with zero attached hydrogens (tertiary/aromatic N) is 1. The van der Waals surface area contributed by atoms with E-state index in [0.717, 1.165) is 55.0 Å². The predicted molar refractivity (Wildman–Crippen MR) is 117 cm³/mol. The highest BCUT2D eigenvalue weighted by molar-refractivity contribution is 5.43. The lowest BCUT2D eigenvalue weighted by Gasteiger charge is -2.44. The fourth-order valence-corrected chi connectivity index (χ4v) is 5.08.